The van der Waals surface area contributed by atoms with Crippen LogP contribution in [0.1, 0.15) is 20.8 Å². The van der Waals surface area contributed by atoms with E-state index in [1.54, 1.807) is 20.8 Å². The van der Waals surface area contributed by atoms with Crippen molar-refractivity contribution in [2.75, 3.05) is 33.5 Å². The second-order valence-corrected chi connectivity index (χ2v) is 9.14. The average Bonchev–Trinajstić information content (AvgIpc) is 3.18. The Hall–Kier alpha value is -2.47. The van der Waals surface area contributed by atoms with Gasteiger partial charge >= 0.3 is 6.09 Å². The molecule has 0 bridgehead atoms. The molecule has 3 fully saturated rings. The Labute approximate surface area is 184 Å². The van der Waals surface area contributed by atoms with Crippen molar-refractivity contribution < 1.29 is 38.1 Å². The summed E-state index contributed by atoms with van der Waals surface area (Å²) in [6.45, 7) is 5.86. The first-order valence-corrected chi connectivity index (χ1v) is 10.6. The molecular formula is C21H27N3O8. The number of ether oxygens (including phenoxy) is 5. The lowest BCUT2D eigenvalue weighted by Crippen LogP contribution is -2.55. The minimum atomic E-state index is -1.02. The molecule has 0 aromatic rings. The summed E-state index contributed by atoms with van der Waals surface area (Å²) in [5, 5.41) is 3.32. The molecule has 174 valence electrons. The van der Waals surface area contributed by atoms with Crippen LogP contribution in [0.5, 0.6) is 0 Å². The summed E-state index contributed by atoms with van der Waals surface area (Å²) >= 11 is 0. The minimum absolute atomic E-state index is 0.0288. The lowest BCUT2D eigenvalue weighted by Gasteiger charge is -2.39. The van der Waals surface area contributed by atoms with Crippen LogP contribution in [0, 0.1) is 5.92 Å². The number of hydrogen-bond donors (Lipinski definition) is 2. The molecule has 5 aliphatic rings. The second kappa shape index (κ2) is 7.01. The van der Waals surface area contributed by atoms with Crippen molar-refractivity contribution in [1.29, 1.82) is 0 Å². The molecule has 1 aliphatic carbocycles. The zero-order valence-corrected chi connectivity index (χ0v) is 18.4. The Morgan fingerprint density at radius 3 is 2.66 bits per heavy atom. The molecule has 0 spiro atoms. The zero-order chi connectivity index (χ0) is 23.0. The molecule has 4 unspecified atom stereocenters. The highest BCUT2D eigenvalue weighted by atomic mass is 16.7. The van der Waals surface area contributed by atoms with E-state index in [-0.39, 0.29) is 59.8 Å². The highest BCUT2D eigenvalue weighted by Gasteiger charge is 2.72. The van der Waals surface area contributed by atoms with Gasteiger partial charge in [-0.05, 0) is 20.8 Å². The first-order chi connectivity index (χ1) is 15.1. The predicted molar refractivity (Wildman–Crippen MR) is 107 cm³/mol. The number of primary amides is 1. The smallest absolute Gasteiger partial charge is 0.404 e. The number of carbonyl (C=O) groups excluding carboxylic acids is 3. The van der Waals surface area contributed by atoms with Gasteiger partial charge in [-0.2, -0.15) is 0 Å². The second-order valence-electron chi connectivity index (χ2n) is 9.14. The molecule has 0 aromatic heterocycles. The van der Waals surface area contributed by atoms with E-state index in [1.807, 2.05) is 4.90 Å². The van der Waals surface area contributed by atoms with Crippen molar-refractivity contribution in [3.05, 3.63) is 22.6 Å². The van der Waals surface area contributed by atoms with E-state index in [1.165, 1.54) is 7.11 Å². The molecule has 0 saturated carbocycles. The van der Waals surface area contributed by atoms with Crippen molar-refractivity contribution in [2.24, 2.45) is 11.7 Å². The topological polar surface area (TPSA) is 149 Å². The average molecular weight is 449 g/mol. The number of fused-ring (bicyclic) bond motifs is 4. The van der Waals surface area contributed by atoms with Gasteiger partial charge in [0.05, 0.1) is 24.3 Å². The number of methoxy groups -OCH3 is 1. The molecule has 3 N–H and O–H groups in total. The fourth-order valence-corrected chi connectivity index (χ4v) is 5.46. The number of allylic oxidation sites excluding steroid dienone is 2. The van der Waals surface area contributed by atoms with E-state index in [9.17, 15) is 14.4 Å². The Kier molecular flexibility index (Phi) is 4.68. The standard InChI is InChI=1S/C21H27N3O8/c1-9-15(25)14-13(16(26)17(9)29-6-10-7-31-20(2,3)32-10)11(8-30-19(22)27)21(28-4)18-12(23-18)5-24(14)21/h10-12,18,23H,5-8H2,1-4H3,(H2,22,27)/t10?,11?,12?,18?,21-/m1/s1. The van der Waals surface area contributed by atoms with Crippen molar-refractivity contribution in [3.63, 3.8) is 0 Å². The molecule has 0 aromatic carbocycles. The third-order valence-electron chi connectivity index (χ3n) is 6.85. The molecule has 5 rings (SSSR count). The third-order valence-corrected chi connectivity index (χ3v) is 6.85. The summed E-state index contributed by atoms with van der Waals surface area (Å²) in [4.78, 5) is 40.2. The number of nitrogens with zero attached hydrogens (tertiary/aromatic N) is 1. The van der Waals surface area contributed by atoms with Crippen molar-refractivity contribution in [2.45, 2.75) is 50.5 Å². The van der Waals surface area contributed by atoms with E-state index in [0.29, 0.717) is 13.2 Å². The number of carbonyl (C=O) groups is 3. The molecule has 0 radical (unpaired) electrons. The van der Waals surface area contributed by atoms with Gasteiger partial charge in [0.15, 0.2) is 17.3 Å². The van der Waals surface area contributed by atoms with Gasteiger partial charge in [0.1, 0.15) is 19.3 Å². The summed E-state index contributed by atoms with van der Waals surface area (Å²) in [6, 6.07) is 0.0314. The lowest BCUT2D eigenvalue weighted by molar-refractivity contribution is -0.144. The summed E-state index contributed by atoms with van der Waals surface area (Å²) in [5.41, 5.74) is 4.92. The maximum atomic E-state index is 13.6. The normalized spacial score (nSPS) is 36.9. The van der Waals surface area contributed by atoms with Crippen molar-refractivity contribution in [1.82, 2.24) is 10.2 Å². The fourth-order valence-electron chi connectivity index (χ4n) is 5.46. The summed E-state index contributed by atoms with van der Waals surface area (Å²) in [6.07, 6.45) is -1.33. The highest BCUT2D eigenvalue weighted by Crippen LogP contribution is 2.55. The van der Waals surface area contributed by atoms with E-state index in [0.717, 1.165) is 0 Å². The first kappa shape index (κ1) is 21.4. The quantitative estimate of drug-likeness (QED) is 0.404. The van der Waals surface area contributed by atoms with Crippen LogP contribution in [0.4, 0.5) is 4.79 Å². The van der Waals surface area contributed by atoms with E-state index >= 15 is 0 Å². The Balaban J connectivity index is 1.45. The SMILES string of the molecule is CO[C@@]12C(COC(N)=O)C3=C(C(=O)C(C)=C(OCC4COC(C)(C)O4)C3=O)N1CC1NC12. The number of Topliss-reactive ketones (excluding diaryl/α,β-unsaturated/α-hetero) is 2. The molecule has 11 heteroatoms. The molecule has 4 heterocycles. The number of amides is 1. The van der Waals surface area contributed by atoms with Crippen LogP contribution in [-0.2, 0) is 33.3 Å². The van der Waals surface area contributed by atoms with E-state index in [4.69, 9.17) is 29.4 Å². The van der Waals surface area contributed by atoms with Gasteiger partial charge in [0.25, 0.3) is 0 Å². The van der Waals surface area contributed by atoms with Gasteiger partial charge in [-0.1, -0.05) is 0 Å². The maximum Gasteiger partial charge on any atom is 0.404 e. The molecule has 3 saturated heterocycles. The molecule has 5 atom stereocenters. The van der Waals surface area contributed by atoms with Gasteiger partial charge in [-0.3, -0.25) is 9.59 Å². The number of hydrogen-bond acceptors (Lipinski definition) is 10. The van der Waals surface area contributed by atoms with Gasteiger partial charge in [0, 0.05) is 30.8 Å². The molecule has 32 heavy (non-hydrogen) atoms. The fraction of sp³-hybridized carbons (Fsp3) is 0.667. The van der Waals surface area contributed by atoms with E-state index < -0.39 is 29.3 Å². The van der Waals surface area contributed by atoms with Crippen LogP contribution >= 0.6 is 0 Å². The zero-order valence-electron chi connectivity index (χ0n) is 18.4. The molecule has 1 amide bonds. The Morgan fingerprint density at radius 1 is 1.28 bits per heavy atom. The number of rotatable bonds is 6. The Bertz CT molecular complexity index is 972. The number of nitrogens with one attached hydrogen (secondary N) is 1. The lowest BCUT2D eigenvalue weighted by atomic mass is 9.83. The summed E-state index contributed by atoms with van der Waals surface area (Å²) < 4.78 is 28.1. The van der Waals surface area contributed by atoms with Crippen LogP contribution in [-0.4, -0.2) is 85.7 Å². The highest BCUT2D eigenvalue weighted by molar-refractivity contribution is 6.25. The van der Waals surface area contributed by atoms with Crippen molar-refractivity contribution in [3.8, 4) is 0 Å². The van der Waals surface area contributed by atoms with Gasteiger partial charge in [-0.25, -0.2) is 4.79 Å². The monoisotopic (exact) mass is 449 g/mol. The number of nitrogens with two attached hydrogens (primary N) is 1. The molecule has 4 aliphatic heterocycles. The first-order valence-electron chi connectivity index (χ1n) is 10.6. The summed E-state index contributed by atoms with van der Waals surface area (Å²) in [5.74, 6) is -2.18. The van der Waals surface area contributed by atoms with Crippen LogP contribution < -0.4 is 11.1 Å². The van der Waals surface area contributed by atoms with E-state index in [2.05, 4.69) is 5.32 Å². The largest absolute Gasteiger partial charge is 0.486 e. The van der Waals surface area contributed by atoms with Crippen LogP contribution in [0.15, 0.2) is 22.6 Å². The summed E-state index contributed by atoms with van der Waals surface area (Å²) in [7, 11) is 1.52. The molecular weight excluding hydrogens is 422 g/mol. The van der Waals surface area contributed by atoms with Crippen molar-refractivity contribution >= 4 is 17.7 Å². The number of ketones is 2. The third kappa shape index (κ3) is 2.92. The van der Waals surface area contributed by atoms with Gasteiger partial charge < -0.3 is 39.6 Å². The van der Waals surface area contributed by atoms with Gasteiger partial charge in [0.2, 0.25) is 11.6 Å². The van der Waals surface area contributed by atoms with Crippen LogP contribution in [0.25, 0.3) is 0 Å². The van der Waals surface area contributed by atoms with Gasteiger partial charge in [-0.15, -0.1) is 0 Å². The van der Waals surface area contributed by atoms with Crippen LogP contribution in [0.3, 0.4) is 0 Å². The minimum Gasteiger partial charge on any atom is -0.486 e. The maximum absolute atomic E-state index is 13.6. The Morgan fingerprint density at radius 2 is 2.03 bits per heavy atom. The number of piperazine rings is 1. The predicted octanol–water partition coefficient (Wildman–Crippen LogP) is -0.442. The molecule has 11 nitrogen and oxygen atoms in total. The van der Waals surface area contributed by atoms with Crippen LogP contribution in [0.2, 0.25) is 0 Å².